The molecule has 0 saturated carbocycles. The molecule has 1 aliphatic heterocycles. The lowest BCUT2D eigenvalue weighted by Gasteiger charge is -2.36. The molecular weight excluding hydrogens is 304 g/mol. The highest BCUT2D eigenvalue weighted by Gasteiger charge is 2.41. The van der Waals surface area contributed by atoms with Crippen LogP contribution < -0.4 is 10.6 Å². The van der Waals surface area contributed by atoms with Crippen LogP contribution in [0.1, 0.15) is 18.7 Å². The molecule has 1 aliphatic rings. The number of fused-ring (bicyclic) bond motifs is 1. The Morgan fingerprint density at radius 1 is 1.25 bits per heavy atom. The maximum atomic E-state index is 13.0. The lowest BCUT2D eigenvalue weighted by molar-refractivity contribution is -0.132. The second kappa shape index (κ2) is 6.09. The fraction of sp³-hybridized carbons (Fsp3) is 0.353. The van der Waals surface area contributed by atoms with E-state index in [1.807, 2.05) is 36.5 Å². The van der Waals surface area contributed by atoms with Gasteiger partial charge in [0.15, 0.2) is 0 Å². The number of amides is 1. The topological polar surface area (TPSA) is 87.6 Å². The maximum Gasteiger partial charge on any atom is 0.248 e. The van der Waals surface area contributed by atoms with Crippen molar-refractivity contribution in [1.82, 2.24) is 30.4 Å². The third-order valence-corrected chi connectivity index (χ3v) is 4.65. The SMILES string of the molecule is O=C(NCc1nc2ccccc2[nH]1)C1(n2cccn2)CCNCC1. The summed E-state index contributed by atoms with van der Waals surface area (Å²) in [6, 6.07) is 9.70. The Kier molecular flexibility index (Phi) is 3.78. The van der Waals surface area contributed by atoms with E-state index in [0.717, 1.165) is 42.8 Å². The molecule has 24 heavy (non-hydrogen) atoms. The average molecular weight is 324 g/mol. The minimum atomic E-state index is -0.624. The van der Waals surface area contributed by atoms with Gasteiger partial charge in [-0.15, -0.1) is 0 Å². The molecule has 3 aromatic rings. The Bertz CT molecular complexity index is 799. The number of piperidine rings is 1. The van der Waals surface area contributed by atoms with Gasteiger partial charge in [-0.25, -0.2) is 4.98 Å². The van der Waals surface area contributed by atoms with Crippen LogP contribution >= 0.6 is 0 Å². The first-order chi connectivity index (χ1) is 11.8. The van der Waals surface area contributed by atoms with Crippen molar-refractivity contribution in [3.8, 4) is 0 Å². The van der Waals surface area contributed by atoms with Gasteiger partial charge in [-0.2, -0.15) is 5.10 Å². The van der Waals surface area contributed by atoms with Crippen molar-refractivity contribution in [2.75, 3.05) is 13.1 Å². The lowest BCUT2D eigenvalue weighted by Crippen LogP contribution is -2.54. The molecule has 3 N–H and O–H groups in total. The number of carbonyl (C=O) groups excluding carboxylic acids is 1. The van der Waals surface area contributed by atoms with Crippen LogP contribution in [0.3, 0.4) is 0 Å². The molecule has 0 bridgehead atoms. The van der Waals surface area contributed by atoms with Gasteiger partial charge in [0.1, 0.15) is 11.4 Å². The van der Waals surface area contributed by atoms with Crippen LogP contribution in [0.4, 0.5) is 0 Å². The molecule has 1 amide bonds. The summed E-state index contributed by atoms with van der Waals surface area (Å²) in [6.07, 6.45) is 5.03. The van der Waals surface area contributed by atoms with Crippen molar-refractivity contribution in [3.63, 3.8) is 0 Å². The smallest absolute Gasteiger partial charge is 0.248 e. The molecule has 124 valence electrons. The summed E-state index contributed by atoms with van der Waals surface area (Å²) in [5.74, 6) is 0.752. The number of benzene rings is 1. The number of imidazole rings is 1. The summed E-state index contributed by atoms with van der Waals surface area (Å²) in [7, 11) is 0. The summed E-state index contributed by atoms with van der Waals surface area (Å²) >= 11 is 0. The lowest BCUT2D eigenvalue weighted by atomic mass is 9.87. The molecule has 0 unspecified atom stereocenters. The zero-order valence-corrected chi connectivity index (χ0v) is 13.3. The van der Waals surface area contributed by atoms with E-state index >= 15 is 0 Å². The Balaban J connectivity index is 1.53. The van der Waals surface area contributed by atoms with Crippen molar-refractivity contribution >= 4 is 16.9 Å². The molecule has 0 radical (unpaired) electrons. The fourth-order valence-electron chi connectivity index (χ4n) is 3.34. The van der Waals surface area contributed by atoms with Crippen LogP contribution in [-0.4, -0.2) is 38.7 Å². The van der Waals surface area contributed by atoms with E-state index < -0.39 is 5.54 Å². The first-order valence-electron chi connectivity index (χ1n) is 8.21. The van der Waals surface area contributed by atoms with E-state index in [1.54, 1.807) is 10.9 Å². The number of aromatic nitrogens is 4. The predicted octanol–water partition coefficient (Wildman–Crippen LogP) is 1.15. The highest BCUT2D eigenvalue weighted by atomic mass is 16.2. The minimum Gasteiger partial charge on any atom is -0.347 e. The molecule has 0 aliphatic carbocycles. The third kappa shape index (κ3) is 2.56. The van der Waals surface area contributed by atoms with Crippen molar-refractivity contribution in [1.29, 1.82) is 0 Å². The number of nitrogens with one attached hydrogen (secondary N) is 3. The van der Waals surface area contributed by atoms with Crippen LogP contribution in [0, 0.1) is 0 Å². The highest BCUT2D eigenvalue weighted by molar-refractivity contribution is 5.84. The zero-order valence-electron chi connectivity index (χ0n) is 13.3. The van der Waals surface area contributed by atoms with Gasteiger partial charge in [0.2, 0.25) is 5.91 Å². The van der Waals surface area contributed by atoms with Gasteiger partial charge < -0.3 is 15.6 Å². The molecule has 1 saturated heterocycles. The molecule has 1 aromatic carbocycles. The standard InChI is InChI=1S/C17H20N6O/c24-16(17(6-9-18-10-7-17)23-11-3-8-20-23)19-12-15-21-13-4-1-2-5-14(13)22-15/h1-5,8,11,18H,6-7,9-10,12H2,(H,19,24)(H,21,22). The average Bonchev–Trinajstić information content (AvgIpc) is 3.29. The Morgan fingerprint density at radius 3 is 2.83 bits per heavy atom. The van der Waals surface area contributed by atoms with Crippen molar-refractivity contribution < 1.29 is 4.79 Å². The van der Waals surface area contributed by atoms with E-state index in [2.05, 4.69) is 25.7 Å². The summed E-state index contributed by atoms with van der Waals surface area (Å²) in [5.41, 5.74) is 1.26. The van der Waals surface area contributed by atoms with E-state index in [4.69, 9.17) is 0 Å². The Hall–Kier alpha value is -2.67. The van der Waals surface area contributed by atoms with Gasteiger partial charge in [0.05, 0.1) is 17.6 Å². The predicted molar refractivity (Wildman–Crippen MR) is 90.2 cm³/mol. The second-order valence-electron chi connectivity index (χ2n) is 6.12. The number of rotatable bonds is 4. The van der Waals surface area contributed by atoms with Crippen LogP contribution in [0.5, 0.6) is 0 Å². The highest BCUT2D eigenvalue weighted by Crippen LogP contribution is 2.27. The van der Waals surface area contributed by atoms with E-state index in [-0.39, 0.29) is 5.91 Å². The Labute approximate surface area is 139 Å². The summed E-state index contributed by atoms with van der Waals surface area (Å²) < 4.78 is 1.79. The zero-order chi connectivity index (χ0) is 16.4. The second-order valence-corrected chi connectivity index (χ2v) is 6.12. The molecule has 0 atom stereocenters. The number of para-hydroxylation sites is 2. The van der Waals surface area contributed by atoms with Crippen LogP contribution in [0.15, 0.2) is 42.7 Å². The quantitative estimate of drug-likeness (QED) is 0.672. The van der Waals surface area contributed by atoms with Gasteiger partial charge in [0, 0.05) is 12.4 Å². The number of nitrogens with zero attached hydrogens (tertiary/aromatic N) is 3. The molecule has 1 fully saturated rings. The number of hydrogen-bond donors (Lipinski definition) is 3. The summed E-state index contributed by atoms with van der Waals surface area (Å²) in [4.78, 5) is 20.7. The van der Waals surface area contributed by atoms with Crippen molar-refractivity contribution in [2.24, 2.45) is 0 Å². The van der Waals surface area contributed by atoms with E-state index in [1.165, 1.54) is 0 Å². The van der Waals surface area contributed by atoms with Gasteiger partial charge in [-0.3, -0.25) is 9.48 Å². The van der Waals surface area contributed by atoms with Crippen LogP contribution in [0.2, 0.25) is 0 Å². The third-order valence-electron chi connectivity index (χ3n) is 4.65. The van der Waals surface area contributed by atoms with Crippen molar-refractivity contribution in [2.45, 2.75) is 24.9 Å². The van der Waals surface area contributed by atoms with Crippen LogP contribution in [0.25, 0.3) is 11.0 Å². The minimum absolute atomic E-state index is 0.00634. The van der Waals surface area contributed by atoms with Gasteiger partial charge in [-0.1, -0.05) is 12.1 Å². The summed E-state index contributed by atoms with van der Waals surface area (Å²) in [6.45, 7) is 1.99. The Morgan fingerprint density at radius 2 is 2.08 bits per heavy atom. The van der Waals surface area contributed by atoms with Crippen LogP contribution in [-0.2, 0) is 16.9 Å². The molecule has 4 rings (SSSR count). The summed E-state index contributed by atoms with van der Waals surface area (Å²) in [5, 5.41) is 10.7. The van der Waals surface area contributed by atoms with Gasteiger partial charge in [0.25, 0.3) is 0 Å². The molecule has 7 nitrogen and oxygen atoms in total. The monoisotopic (exact) mass is 324 g/mol. The molecule has 3 heterocycles. The van der Waals surface area contributed by atoms with E-state index in [0.29, 0.717) is 6.54 Å². The number of carbonyl (C=O) groups is 1. The number of hydrogen-bond acceptors (Lipinski definition) is 4. The van der Waals surface area contributed by atoms with Gasteiger partial charge in [-0.05, 0) is 44.1 Å². The fourth-order valence-corrected chi connectivity index (χ4v) is 3.34. The molecular formula is C17H20N6O. The number of aromatic amines is 1. The van der Waals surface area contributed by atoms with Crippen molar-refractivity contribution in [3.05, 3.63) is 48.5 Å². The largest absolute Gasteiger partial charge is 0.347 e. The maximum absolute atomic E-state index is 13.0. The number of H-pyrrole nitrogens is 1. The van der Waals surface area contributed by atoms with E-state index in [9.17, 15) is 4.79 Å². The normalized spacial score (nSPS) is 17.0. The first kappa shape index (κ1) is 14.9. The molecule has 0 spiro atoms. The molecule has 7 heteroatoms. The molecule has 2 aromatic heterocycles. The van der Waals surface area contributed by atoms with Gasteiger partial charge >= 0.3 is 0 Å². The first-order valence-corrected chi connectivity index (χ1v) is 8.21.